The highest BCUT2D eigenvalue weighted by molar-refractivity contribution is 7.80. The van der Waals surface area contributed by atoms with Gasteiger partial charge in [-0.1, -0.05) is 0 Å². The van der Waals surface area contributed by atoms with Gasteiger partial charge in [-0.25, -0.2) is 4.79 Å². The van der Waals surface area contributed by atoms with E-state index >= 15 is 0 Å². The number of thiol groups is 1. The van der Waals surface area contributed by atoms with Crippen molar-refractivity contribution < 1.29 is 29.4 Å². The van der Waals surface area contributed by atoms with Crippen LogP contribution in [0.5, 0.6) is 0 Å². The first-order valence-electron chi connectivity index (χ1n) is 8.70. The van der Waals surface area contributed by atoms with Crippen LogP contribution in [0.3, 0.4) is 0 Å². The predicted molar refractivity (Wildman–Crippen MR) is 108 cm³/mol. The standard InChI is InChI=1S/C15H29N7O6S/c1-7(16)11(24)22-10(6-29)13(26)21-9(5-23)12(25)20-8(14(27)28)3-2-4-19-15(17)18/h7-10,23,29H,2-6,16H2,1H3,(H,20,25)(H,21,26)(H,22,24)(H,27,28)(H4,17,18,19). The van der Waals surface area contributed by atoms with Crippen molar-refractivity contribution in [1.82, 2.24) is 16.0 Å². The topological polar surface area (TPSA) is 235 Å². The van der Waals surface area contributed by atoms with Crippen molar-refractivity contribution in [2.75, 3.05) is 18.9 Å². The Kier molecular flexibility index (Phi) is 12.4. The first-order valence-corrected chi connectivity index (χ1v) is 9.33. The minimum atomic E-state index is -1.43. The smallest absolute Gasteiger partial charge is 0.326 e. The average Bonchev–Trinajstić information content (AvgIpc) is 2.65. The number of carbonyl (C=O) groups is 4. The summed E-state index contributed by atoms with van der Waals surface area (Å²) in [4.78, 5) is 51.2. The van der Waals surface area contributed by atoms with Gasteiger partial charge in [0.15, 0.2) is 5.96 Å². The molecule has 166 valence electrons. The molecule has 0 aromatic heterocycles. The summed E-state index contributed by atoms with van der Waals surface area (Å²) >= 11 is 3.96. The van der Waals surface area contributed by atoms with Crippen LogP contribution in [0.2, 0.25) is 0 Å². The summed E-state index contributed by atoms with van der Waals surface area (Å²) in [7, 11) is 0. The minimum absolute atomic E-state index is 0.0215. The molecule has 3 amide bonds. The second-order valence-corrected chi connectivity index (χ2v) is 6.49. The van der Waals surface area contributed by atoms with Crippen molar-refractivity contribution in [1.29, 1.82) is 0 Å². The number of amides is 3. The number of guanidine groups is 1. The lowest BCUT2D eigenvalue weighted by Crippen LogP contribution is -2.58. The van der Waals surface area contributed by atoms with E-state index in [2.05, 4.69) is 33.6 Å². The molecule has 0 bridgehead atoms. The Bertz CT molecular complexity index is 612. The Morgan fingerprint density at radius 2 is 1.52 bits per heavy atom. The van der Waals surface area contributed by atoms with Crippen molar-refractivity contribution in [3.8, 4) is 0 Å². The summed E-state index contributed by atoms with van der Waals surface area (Å²) in [5.74, 6) is -3.83. The van der Waals surface area contributed by atoms with Gasteiger partial charge in [0.25, 0.3) is 0 Å². The highest BCUT2D eigenvalue weighted by atomic mass is 32.1. The van der Waals surface area contributed by atoms with Crippen molar-refractivity contribution >= 4 is 42.3 Å². The van der Waals surface area contributed by atoms with Gasteiger partial charge in [0, 0.05) is 12.3 Å². The molecule has 13 nitrogen and oxygen atoms in total. The number of aliphatic hydroxyl groups is 1. The lowest BCUT2D eigenvalue weighted by atomic mass is 10.1. The van der Waals surface area contributed by atoms with Crippen LogP contribution in [0.4, 0.5) is 0 Å². The van der Waals surface area contributed by atoms with E-state index in [4.69, 9.17) is 17.2 Å². The molecule has 0 fully saturated rings. The number of aliphatic imine (C=N–C) groups is 1. The molecular formula is C15H29N7O6S. The van der Waals surface area contributed by atoms with Gasteiger partial charge in [0.1, 0.15) is 18.1 Å². The molecule has 0 spiro atoms. The molecule has 0 aliphatic carbocycles. The molecule has 4 unspecified atom stereocenters. The summed E-state index contributed by atoms with van der Waals surface area (Å²) < 4.78 is 0. The Morgan fingerprint density at radius 3 is 1.97 bits per heavy atom. The van der Waals surface area contributed by atoms with Gasteiger partial charge >= 0.3 is 5.97 Å². The number of hydrogen-bond donors (Lipinski definition) is 9. The fourth-order valence-corrected chi connectivity index (χ4v) is 2.25. The average molecular weight is 436 g/mol. The van der Waals surface area contributed by atoms with Gasteiger partial charge in [0.05, 0.1) is 12.6 Å². The molecule has 0 aliphatic heterocycles. The molecule has 0 aliphatic rings. The molecule has 11 N–H and O–H groups in total. The molecule has 0 heterocycles. The molecular weight excluding hydrogens is 406 g/mol. The predicted octanol–water partition coefficient (Wildman–Crippen LogP) is -4.15. The van der Waals surface area contributed by atoms with Gasteiger partial charge in [-0.2, -0.15) is 12.6 Å². The van der Waals surface area contributed by atoms with E-state index in [1.54, 1.807) is 0 Å². The first-order chi connectivity index (χ1) is 13.5. The van der Waals surface area contributed by atoms with Gasteiger partial charge in [-0.05, 0) is 19.8 Å². The quantitative estimate of drug-likeness (QED) is 0.0590. The molecule has 29 heavy (non-hydrogen) atoms. The maximum atomic E-state index is 12.3. The molecule has 14 heteroatoms. The summed E-state index contributed by atoms with van der Waals surface area (Å²) in [6, 6.07) is -4.68. The molecule has 0 saturated carbocycles. The number of nitrogens with one attached hydrogen (secondary N) is 3. The van der Waals surface area contributed by atoms with E-state index in [0.717, 1.165) is 0 Å². The zero-order valence-electron chi connectivity index (χ0n) is 16.0. The Morgan fingerprint density at radius 1 is 1.00 bits per heavy atom. The Hall–Kier alpha value is -2.58. The summed E-state index contributed by atoms with van der Waals surface area (Å²) in [5.41, 5.74) is 15.8. The van der Waals surface area contributed by atoms with Gasteiger partial charge in [-0.15, -0.1) is 0 Å². The fraction of sp³-hybridized carbons (Fsp3) is 0.667. The third-order valence-corrected chi connectivity index (χ3v) is 3.97. The monoisotopic (exact) mass is 435 g/mol. The second kappa shape index (κ2) is 13.6. The number of carboxylic acids is 1. The number of nitrogens with two attached hydrogens (primary N) is 3. The highest BCUT2D eigenvalue weighted by Crippen LogP contribution is 2.00. The number of aliphatic carboxylic acids is 1. The van der Waals surface area contributed by atoms with Crippen LogP contribution in [0.25, 0.3) is 0 Å². The largest absolute Gasteiger partial charge is 0.480 e. The highest BCUT2D eigenvalue weighted by Gasteiger charge is 2.28. The number of carbonyl (C=O) groups excluding carboxylic acids is 3. The normalized spacial score (nSPS) is 14.6. The van der Waals surface area contributed by atoms with E-state index in [0.29, 0.717) is 0 Å². The Labute approximate surface area is 173 Å². The number of nitrogens with zero attached hydrogens (tertiary/aromatic N) is 1. The number of aliphatic hydroxyl groups excluding tert-OH is 1. The lowest BCUT2D eigenvalue weighted by Gasteiger charge is -2.23. The zero-order chi connectivity index (χ0) is 22.6. The van der Waals surface area contributed by atoms with E-state index in [1.165, 1.54) is 6.92 Å². The van der Waals surface area contributed by atoms with Crippen LogP contribution < -0.4 is 33.2 Å². The number of hydrogen-bond acceptors (Lipinski definition) is 8. The minimum Gasteiger partial charge on any atom is -0.480 e. The summed E-state index contributed by atoms with van der Waals surface area (Å²) in [6.45, 7) is 0.801. The molecule has 0 radical (unpaired) electrons. The molecule has 4 atom stereocenters. The van der Waals surface area contributed by atoms with Crippen LogP contribution in [0, 0.1) is 0 Å². The van der Waals surface area contributed by atoms with Crippen LogP contribution in [-0.4, -0.2) is 82.9 Å². The Balaban J connectivity index is 4.89. The number of carboxylic acid groups (broad SMARTS) is 1. The third-order valence-electron chi connectivity index (χ3n) is 3.60. The fourth-order valence-electron chi connectivity index (χ4n) is 2.00. The lowest BCUT2D eigenvalue weighted by molar-refractivity contribution is -0.142. The van der Waals surface area contributed by atoms with E-state index in [-0.39, 0.29) is 31.1 Å². The van der Waals surface area contributed by atoms with Crippen molar-refractivity contribution in [2.24, 2.45) is 22.2 Å². The van der Waals surface area contributed by atoms with Gasteiger partial charge in [0.2, 0.25) is 17.7 Å². The summed E-state index contributed by atoms with van der Waals surface area (Å²) in [5, 5.41) is 25.4. The second-order valence-electron chi connectivity index (χ2n) is 6.12. The molecule has 0 saturated heterocycles. The van der Waals surface area contributed by atoms with Crippen molar-refractivity contribution in [3.05, 3.63) is 0 Å². The first kappa shape index (κ1) is 26.4. The van der Waals surface area contributed by atoms with E-state index in [9.17, 15) is 29.4 Å². The van der Waals surface area contributed by atoms with Gasteiger partial charge < -0.3 is 43.4 Å². The van der Waals surface area contributed by atoms with Crippen LogP contribution >= 0.6 is 12.6 Å². The van der Waals surface area contributed by atoms with E-state index in [1.807, 2.05) is 0 Å². The van der Waals surface area contributed by atoms with E-state index < -0.39 is 54.5 Å². The summed E-state index contributed by atoms with van der Waals surface area (Å²) in [6.07, 6.45) is 0.296. The molecule has 0 rings (SSSR count). The van der Waals surface area contributed by atoms with Gasteiger partial charge in [-0.3, -0.25) is 19.4 Å². The van der Waals surface area contributed by atoms with Crippen molar-refractivity contribution in [3.63, 3.8) is 0 Å². The number of rotatable bonds is 13. The maximum Gasteiger partial charge on any atom is 0.326 e. The molecule has 0 aromatic rings. The van der Waals surface area contributed by atoms with Crippen molar-refractivity contribution in [2.45, 2.75) is 43.9 Å². The SMILES string of the molecule is CC(N)C(=O)NC(CS)C(=O)NC(CO)C(=O)NC(CCCN=C(N)N)C(=O)O. The maximum absolute atomic E-state index is 12.3. The van der Waals surface area contributed by atoms with Crippen LogP contribution in [0.15, 0.2) is 4.99 Å². The third kappa shape index (κ3) is 10.5. The van der Waals surface area contributed by atoms with Crippen LogP contribution in [0.1, 0.15) is 19.8 Å². The van der Waals surface area contributed by atoms with Crippen LogP contribution in [-0.2, 0) is 19.2 Å². The molecule has 0 aromatic carbocycles. The zero-order valence-corrected chi connectivity index (χ0v) is 16.9.